The Balaban J connectivity index is 2.73. The summed E-state index contributed by atoms with van der Waals surface area (Å²) in [4.78, 5) is 0. The summed E-state index contributed by atoms with van der Waals surface area (Å²) in [5, 5.41) is 3.49. The topological polar surface area (TPSA) is 38.0 Å². The van der Waals surface area contributed by atoms with Gasteiger partial charge in [0.25, 0.3) is 0 Å². The summed E-state index contributed by atoms with van der Waals surface area (Å²) in [6.45, 7) is 10.2. The highest BCUT2D eigenvalue weighted by molar-refractivity contribution is 5.56. The first-order chi connectivity index (χ1) is 6.96. The van der Waals surface area contributed by atoms with Crippen LogP contribution in [0.3, 0.4) is 0 Å². The van der Waals surface area contributed by atoms with Crippen LogP contribution >= 0.6 is 0 Å². The van der Waals surface area contributed by atoms with Crippen molar-refractivity contribution in [2.24, 2.45) is 11.1 Å². The van der Waals surface area contributed by atoms with Crippen molar-refractivity contribution in [1.29, 1.82) is 0 Å². The van der Waals surface area contributed by atoms with Gasteiger partial charge in [0, 0.05) is 12.2 Å². The van der Waals surface area contributed by atoms with Crippen LogP contribution in [-0.2, 0) is 0 Å². The van der Waals surface area contributed by atoms with Gasteiger partial charge >= 0.3 is 0 Å². The van der Waals surface area contributed by atoms with Crippen LogP contribution in [0.25, 0.3) is 0 Å². The predicted molar refractivity (Wildman–Crippen MR) is 67.2 cm³/mol. The van der Waals surface area contributed by atoms with Crippen LogP contribution in [0.4, 0.5) is 5.69 Å². The minimum Gasteiger partial charge on any atom is -0.384 e. The first kappa shape index (κ1) is 12.1. The van der Waals surface area contributed by atoms with Gasteiger partial charge < -0.3 is 11.1 Å². The summed E-state index contributed by atoms with van der Waals surface area (Å²) in [5.41, 5.74) is 9.69. The van der Waals surface area contributed by atoms with Crippen molar-refractivity contribution in [2.75, 3.05) is 18.4 Å². The second-order valence-corrected chi connectivity index (χ2v) is 4.99. The standard InChI is InChI=1S/C13H22N2/c1-10-6-5-7-11(2)12(10)15-9-13(3,4)8-14/h5-7,15H,8-9,14H2,1-4H3. The summed E-state index contributed by atoms with van der Waals surface area (Å²) < 4.78 is 0. The van der Waals surface area contributed by atoms with Crippen molar-refractivity contribution in [2.45, 2.75) is 27.7 Å². The number of nitrogens with two attached hydrogens (primary N) is 1. The Labute approximate surface area is 92.9 Å². The lowest BCUT2D eigenvalue weighted by molar-refractivity contribution is 0.405. The van der Waals surface area contributed by atoms with E-state index in [9.17, 15) is 0 Å². The monoisotopic (exact) mass is 206 g/mol. The van der Waals surface area contributed by atoms with Gasteiger partial charge in [0.05, 0.1) is 0 Å². The first-order valence-electron chi connectivity index (χ1n) is 5.46. The number of anilines is 1. The molecular formula is C13H22N2. The Morgan fingerprint density at radius 2 is 1.73 bits per heavy atom. The Bertz CT molecular complexity index is 309. The van der Waals surface area contributed by atoms with Crippen LogP contribution in [0.5, 0.6) is 0 Å². The third-order valence-electron chi connectivity index (χ3n) is 2.78. The van der Waals surface area contributed by atoms with Gasteiger partial charge in [0.1, 0.15) is 0 Å². The van der Waals surface area contributed by atoms with Gasteiger partial charge in [-0.1, -0.05) is 32.0 Å². The number of nitrogens with one attached hydrogen (secondary N) is 1. The molecule has 0 aromatic heterocycles. The fraction of sp³-hybridized carbons (Fsp3) is 0.538. The van der Waals surface area contributed by atoms with Crippen molar-refractivity contribution in [3.8, 4) is 0 Å². The zero-order valence-corrected chi connectivity index (χ0v) is 10.2. The van der Waals surface area contributed by atoms with Crippen molar-refractivity contribution in [3.63, 3.8) is 0 Å². The minimum atomic E-state index is 0.148. The SMILES string of the molecule is Cc1cccc(C)c1NCC(C)(C)CN. The van der Waals surface area contributed by atoms with Crippen LogP contribution in [0.2, 0.25) is 0 Å². The van der Waals surface area contributed by atoms with Crippen molar-refractivity contribution in [3.05, 3.63) is 29.3 Å². The second-order valence-electron chi connectivity index (χ2n) is 4.99. The third-order valence-corrected chi connectivity index (χ3v) is 2.78. The molecule has 0 spiro atoms. The molecule has 0 amide bonds. The van der Waals surface area contributed by atoms with Crippen LogP contribution in [0, 0.1) is 19.3 Å². The molecular weight excluding hydrogens is 184 g/mol. The zero-order chi connectivity index (χ0) is 11.5. The van der Waals surface area contributed by atoms with E-state index in [1.807, 2.05) is 0 Å². The van der Waals surface area contributed by atoms with Gasteiger partial charge in [-0.3, -0.25) is 0 Å². The van der Waals surface area contributed by atoms with E-state index in [4.69, 9.17) is 5.73 Å². The lowest BCUT2D eigenvalue weighted by atomic mass is 9.93. The molecule has 1 rings (SSSR count). The maximum atomic E-state index is 5.71. The van der Waals surface area contributed by atoms with E-state index in [0.717, 1.165) is 6.54 Å². The molecule has 0 atom stereocenters. The summed E-state index contributed by atoms with van der Waals surface area (Å²) in [6, 6.07) is 6.35. The van der Waals surface area contributed by atoms with Gasteiger partial charge in [-0.15, -0.1) is 0 Å². The van der Waals surface area contributed by atoms with E-state index < -0.39 is 0 Å². The Morgan fingerprint density at radius 1 is 1.20 bits per heavy atom. The maximum absolute atomic E-state index is 5.71. The highest BCUT2D eigenvalue weighted by Crippen LogP contribution is 2.21. The molecule has 2 heteroatoms. The van der Waals surface area contributed by atoms with Gasteiger partial charge in [0.2, 0.25) is 0 Å². The predicted octanol–water partition coefficient (Wildman–Crippen LogP) is 2.70. The number of rotatable bonds is 4. The van der Waals surface area contributed by atoms with Crippen LogP contribution < -0.4 is 11.1 Å². The Kier molecular flexibility index (Phi) is 3.75. The third kappa shape index (κ3) is 3.24. The molecule has 0 aliphatic heterocycles. The van der Waals surface area contributed by atoms with E-state index in [2.05, 4.69) is 51.2 Å². The van der Waals surface area contributed by atoms with Crippen molar-refractivity contribution in [1.82, 2.24) is 0 Å². The first-order valence-corrected chi connectivity index (χ1v) is 5.46. The molecule has 0 aliphatic rings. The summed E-state index contributed by atoms with van der Waals surface area (Å²) in [6.07, 6.45) is 0. The Hall–Kier alpha value is -1.02. The zero-order valence-electron chi connectivity index (χ0n) is 10.2. The molecule has 1 aromatic carbocycles. The number of hydrogen-bond donors (Lipinski definition) is 2. The molecule has 84 valence electrons. The Morgan fingerprint density at radius 3 is 2.20 bits per heavy atom. The molecule has 1 aromatic rings. The smallest absolute Gasteiger partial charge is 0.0399 e. The molecule has 2 nitrogen and oxygen atoms in total. The number of benzene rings is 1. The van der Waals surface area contributed by atoms with Gasteiger partial charge in [0.15, 0.2) is 0 Å². The average molecular weight is 206 g/mol. The number of hydrogen-bond acceptors (Lipinski definition) is 2. The molecule has 0 bridgehead atoms. The highest BCUT2D eigenvalue weighted by Gasteiger charge is 2.15. The van der Waals surface area contributed by atoms with E-state index in [-0.39, 0.29) is 5.41 Å². The van der Waals surface area contributed by atoms with E-state index in [1.54, 1.807) is 0 Å². The van der Waals surface area contributed by atoms with E-state index in [0.29, 0.717) is 6.54 Å². The van der Waals surface area contributed by atoms with Crippen LogP contribution in [0.1, 0.15) is 25.0 Å². The molecule has 0 fully saturated rings. The van der Waals surface area contributed by atoms with Crippen LogP contribution in [-0.4, -0.2) is 13.1 Å². The lowest BCUT2D eigenvalue weighted by Crippen LogP contribution is -2.31. The summed E-state index contributed by atoms with van der Waals surface area (Å²) in [5.74, 6) is 0. The van der Waals surface area contributed by atoms with Crippen molar-refractivity contribution >= 4 is 5.69 Å². The van der Waals surface area contributed by atoms with Crippen molar-refractivity contribution < 1.29 is 0 Å². The summed E-state index contributed by atoms with van der Waals surface area (Å²) >= 11 is 0. The number of para-hydroxylation sites is 1. The maximum Gasteiger partial charge on any atom is 0.0399 e. The van der Waals surface area contributed by atoms with Gasteiger partial charge in [-0.2, -0.15) is 0 Å². The van der Waals surface area contributed by atoms with Gasteiger partial charge in [-0.05, 0) is 36.9 Å². The quantitative estimate of drug-likeness (QED) is 0.795. The summed E-state index contributed by atoms with van der Waals surface area (Å²) in [7, 11) is 0. The molecule has 0 aliphatic carbocycles. The fourth-order valence-electron chi connectivity index (χ4n) is 1.49. The molecule has 0 heterocycles. The van der Waals surface area contributed by atoms with E-state index >= 15 is 0 Å². The number of aryl methyl sites for hydroxylation is 2. The normalized spacial score (nSPS) is 11.5. The molecule has 0 saturated carbocycles. The minimum absolute atomic E-state index is 0.148. The average Bonchev–Trinajstić information content (AvgIpc) is 2.17. The highest BCUT2D eigenvalue weighted by atomic mass is 14.9. The second kappa shape index (κ2) is 4.67. The fourth-order valence-corrected chi connectivity index (χ4v) is 1.49. The molecule has 0 unspecified atom stereocenters. The van der Waals surface area contributed by atoms with Gasteiger partial charge in [-0.25, -0.2) is 0 Å². The molecule has 15 heavy (non-hydrogen) atoms. The van der Waals surface area contributed by atoms with Crippen LogP contribution in [0.15, 0.2) is 18.2 Å². The largest absolute Gasteiger partial charge is 0.384 e. The molecule has 0 saturated heterocycles. The van der Waals surface area contributed by atoms with E-state index in [1.165, 1.54) is 16.8 Å². The molecule has 0 radical (unpaired) electrons. The molecule has 3 N–H and O–H groups in total. The lowest BCUT2D eigenvalue weighted by Gasteiger charge is -2.24.